The van der Waals surface area contributed by atoms with Gasteiger partial charge in [0, 0.05) is 24.2 Å². The lowest BCUT2D eigenvalue weighted by molar-refractivity contribution is -0.129. The molecule has 9 nitrogen and oxygen atoms in total. The molecule has 1 saturated heterocycles. The molecule has 1 aliphatic rings. The van der Waals surface area contributed by atoms with Gasteiger partial charge in [-0.25, -0.2) is 14.6 Å². The Hall–Kier alpha value is -5.18. The molecule has 0 bridgehead atoms. The second kappa shape index (κ2) is 11.5. The van der Waals surface area contributed by atoms with Gasteiger partial charge in [0.15, 0.2) is 5.65 Å². The minimum absolute atomic E-state index is 0.0817. The van der Waals surface area contributed by atoms with Crippen LogP contribution in [-0.4, -0.2) is 50.3 Å². The molecule has 1 atom stereocenters. The number of carbonyl (C=O) groups is 1. The van der Waals surface area contributed by atoms with Crippen LogP contribution in [0.25, 0.3) is 22.3 Å². The lowest BCUT2D eigenvalue weighted by Gasteiger charge is -2.33. The Morgan fingerprint density at radius 2 is 1.61 bits per heavy atom. The van der Waals surface area contributed by atoms with Gasteiger partial charge < -0.3 is 20.1 Å². The summed E-state index contributed by atoms with van der Waals surface area (Å²) >= 11 is 0. The molecule has 3 aromatic carbocycles. The molecule has 6 rings (SSSR count). The van der Waals surface area contributed by atoms with Crippen molar-refractivity contribution in [2.75, 3.05) is 25.4 Å². The zero-order valence-corrected chi connectivity index (χ0v) is 22.5. The van der Waals surface area contributed by atoms with Crippen LogP contribution in [0.3, 0.4) is 0 Å². The summed E-state index contributed by atoms with van der Waals surface area (Å²) in [5.74, 6) is 2.41. The van der Waals surface area contributed by atoms with Crippen LogP contribution in [0.1, 0.15) is 18.9 Å². The van der Waals surface area contributed by atoms with Crippen LogP contribution >= 0.6 is 0 Å². The van der Waals surface area contributed by atoms with E-state index in [-0.39, 0.29) is 18.6 Å². The first-order valence-corrected chi connectivity index (χ1v) is 13.5. The number of anilines is 1. The van der Waals surface area contributed by atoms with Crippen molar-refractivity contribution < 1.29 is 14.3 Å². The van der Waals surface area contributed by atoms with E-state index in [1.807, 2.05) is 94.5 Å². The van der Waals surface area contributed by atoms with Crippen molar-refractivity contribution in [1.29, 1.82) is 0 Å². The Kier molecular flexibility index (Phi) is 7.32. The number of amides is 1. The summed E-state index contributed by atoms with van der Waals surface area (Å²) in [5.41, 5.74) is 8.95. The van der Waals surface area contributed by atoms with E-state index >= 15 is 0 Å². The van der Waals surface area contributed by atoms with E-state index in [1.165, 1.54) is 6.33 Å². The monoisotopic (exact) mass is 546 g/mol. The summed E-state index contributed by atoms with van der Waals surface area (Å²) in [6.45, 7) is 5.25. The zero-order valence-electron chi connectivity index (χ0n) is 22.5. The van der Waals surface area contributed by atoms with Crippen molar-refractivity contribution in [1.82, 2.24) is 24.6 Å². The Balaban J connectivity index is 1.22. The molecule has 41 heavy (non-hydrogen) atoms. The number of para-hydroxylation sites is 2. The normalized spacial score (nSPS) is 15.0. The Morgan fingerprint density at radius 1 is 0.927 bits per heavy atom. The summed E-state index contributed by atoms with van der Waals surface area (Å²) in [5, 5.41) is 5.67. The van der Waals surface area contributed by atoms with Gasteiger partial charge in [0.25, 0.3) is 5.91 Å². The van der Waals surface area contributed by atoms with Crippen LogP contribution in [0.4, 0.5) is 5.82 Å². The number of fused-ring (bicyclic) bond motifs is 1. The van der Waals surface area contributed by atoms with Gasteiger partial charge in [0.2, 0.25) is 0 Å². The third-order valence-corrected chi connectivity index (χ3v) is 7.11. The standard InChI is InChI=1S/C32H30N6O3/c1-22(20-40-25-10-4-2-5-11-25)32(39)37-18-8-9-24(19-37)38-31-28(30(33)34-21-35-31)29(36-38)23-14-16-27(17-15-23)41-26-12-6-3-7-13-26/h2-7,10-17,21,24H,1,8-9,18-20H2,(H2,33,34,35)/t24-/m1/s1. The molecule has 5 aromatic rings. The Morgan fingerprint density at radius 3 is 2.34 bits per heavy atom. The topological polar surface area (TPSA) is 108 Å². The number of rotatable bonds is 8. The second-order valence-electron chi connectivity index (χ2n) is 9.94. The SMILES string of the molecule is C=C(COc1ccccc1)C(=O)N1CCC[C@@H](n2nc(-c3ccc(Oc4ccccc4)cc3)c3c(N)ncnc32)C1. The predicted molar refractivity (Wildman–Crippen MR) is 158 cm³/mol. The van der Waals surface area contributed by atoms with Gasteiger partial charge in [0.05, 0.1) is 11.4 Å². The van der Waals surface area contributed by atoms with Gasteiger partial charge in [-0.15, -0.1) is 0 Å². The van der Waals surface area contributed by atoms with Crippen molar-refractivity contribution in [2.24, 2.45) is 0 Å². The summed E-state index contributed by atoms with van der Waals surface area (Å²) in [7, 11) is 0. The lowest BCUT2D eigenvalue weighted by Crippen LogP contribution is -2.42. The molecule has 3 heterocycles. The van der Waals surface area contributed by atoms with Crippen LogP contribution in [0.15, 0.2) is 103 Å². The molecule has 0 unspecified atom stereocenters. The zero-order chi connectivity index (χ0) is 28.2. The fraction of sp³-hybridized carbons (Fsp3) is 0.188. The molecule has 0 radical (unpaired) electrons. The molecular weight excluding hydrogens is 516 g/mol. The molecule has 1 amide bonds. The highest BCUT2D eigenvalue weighted by Gasteiger charge is 2.29. The smallest absolute Gasteiger partial charge is 0.252 e. The largest absolute Gasteiger partial charge is 0.489 e. The highest BCUT2D eigenvalue weighted by atomic mass is 16.5. The highest BCUT2D eigenvalue weighted by Crippen LogP contribution is 2.35. The number of nitrogens with zero attached hydrogens (tertiary/aromatic N) is 5. The number of likely N-dealkylation sites (tertiary alicyclic amines) is 1. The number of hydrogen-bond acceptors (Lipinski definition) is 7. The number of ether oxygens (including phenoxy) is 2. The van der Waals surface area contributed by atoms with E-state index in [0.717, 1.165) is 24.2 Å². The van der Waals surface area contributed by atoms with Crippen molar-refractivity contribution in [3.8, 4) is 28.5 Å². The molecule has 2 aromatic heterocycles. The van der Waals surface area contributed by atoms with E-state index in [9.17, 15) is 4.79 Å². The summed E-state index contributed by atoms with van der Waals surface area (Å²) in [6, 6.07) is 26.6. The number of nitrogen functional groups attached to an aromatic ring is 1. The van der Waals surface area contributed by atoms with Crippen molar-refractivity contribution >= 4 is 22.8 Å². The first-order chi connectivity index (χ1) is 20.1. The molecule has 2 N–H and O–H groups in total. The number of aromatic nitrogens is 4. The van der Waals surface area contributed by atoms with Gasteiger partial charge in [-0.2, -0.15) is 5.10 Å². The molecule has 0 aliphatic carbocycles. The maximum atomic E-state index is 13.3. The fourth-order valence-corrected chi connectivity index (χ4v) is 5.07. The molecule has 1 aliphatic heterocycles. The third kappa shape index (κ3) is 5.60. The van der Waals surface area contributed by atoms with Gasteiger partial charge in [0.1, 0.15) is 41.7 Å². The van der Waals surface area contributed by atoms with Gasteiger partial charge >= 0.3 is 0 Å². The first-order valence-electron chi connectivity index (χ1n) is 13.5. The van der Waals surface area contributed by atoms with Crippen LogP contribution in [0.5, 0.6) is 17.2 Å². The average Bonchev–Trinajstić information content (AvgIpc) is 3.42. The van der Waals surface area contributed by atoms with E-state index in [0.29, 0.717) is 52.7 Å². The number of nitrogens with two attached hydrogens (primary N) is 1. The molecule has 206 valence electrons. The molecular formula is C32H30N6O3. The lowest BCUT2D eigenvalue weighted by atomic mass is 10.0. The minimum Gasteiger partial charge on any atom is -0.489 e. The Bertz CT molecular complexity index is 1670. The van der Waals surface area contributed by atoms with Gasteiger partial charge in [-0.05, 0) is 61.4 Å². The third-order valence-electron chi connectivity index (χ3n) is 7.11. The maximum absolute atomic E-state index is 13.3. The van der Waals surface area contributed by atoms with Gasteiger partial charge in [-0.1, -0.05) is 43.0 Å². The van der Waals surface area contributed by atoms with Gasteiger partial charge in [-0.3, -0.25) is 4.79 Å². The van der Waals surface area contributed by atoms with Crippen LogP contribution < -0.4 is 15.2 Å². The van der Waals surface area contributed by atoms with E-state index in [1.54, 1.807) is 0 Å². The van der Waals surface area contributed by atoms with E-state index in [4.69, 9.17) is 20.3 Å². The van der Waals surface area contributed by atoms with Crippen LogP contribution in [-0.2, 0) is 4.79 Å². The fourth-order valence-electron chi connectivity index (χ4n) is 5.07. The first kappa shape index (κ1) is 26.1. The minimum atomic E-state index is -0.120. The summed E-state index contributed by atoms with van der Waals surface area (Å²) in [4.78, 5) is 23.9. The van der Waals surface area contributed by atoms with Crippen molar-refractivity contribution in [3.05, 3.63) is 103 Å². The van der Waals surface area contributed by atoms with E-state index in [2.05, 4.69) is 16.5 Å². The number of carbonyl (C=O) groups excluding carboxylic acids is 1. The Labute approximate surface area is 237 Å². The number of hydrogen-bond donors (Lipinski definition) is 1. The average molecular weight is 547 g/mol. The van der Waals surface area contributed by atoms with Crippen molar-refractivity contribution in [3.63, 3.8) is 0 Å². The molecule has 0 spiro atoms. The van der Waals surface area contributed by atoms with Crippen LogP contribution in [0, 0.1) is 0 Å². The predicted octanol–water partition coefficient (Wildman–Crippen LogP) is 5.67. The van der Waals surface area contributed by atoms with Crippen molar-refractivity contribution in [2.45, 2.75) is 18.9 Å². The molecule has 0 saturated carbocycles. The molecule has 1 fully saturated rings. The van der Waals surface area contributed by atoms with Crippen LogP contribution in [0.2, 0.25) is 0 Å². The maximum Gasteiger partial charge on any atom is 0.252 e. The van der Waals surface area contributed by atoms with E-state index < -0.39 is 0 Å². The summed E-state index contributed by atoms with van der Waals surface area (Å²) in [6.07, 6.45) is 3.12. The summed E-state index contributed by atoms with van der Waals surface area (Å²) < 4.78 is 13.6. The highest BCUT2D eigenvalue weighted by molar-refractivity contribution is 5.98. The molecule has 9 heteroatoms. The second-order valence-corrected chi connectivity index (χ2v) is 9.94. The quantitative estimate of drug-likeness (QED) is 0.250. The number of piperidine rings is 1. The number of benzene rings is 3.